The van der Waals surface area contributed by atoms with Gasteiger partial charge in [0.25, 0.3) is 5.91 Å². The fourth-order valence-electron chi connectivity index (χ4n) is 3.13. The number of aromatic nitrogens is 3. The number of allylic oxidation sites excluding steroid dienone is 1. The van der Waals surface area contributed by atoms with Crippen molar-refractivity contribution in [1.82, 2.24) is 15.0 Å². The lowest BCUT2D eigenvalue weighted by Crippen LogP contribution is -2.43. The van der Waals surface area contributed by atoms with Crippen LogP contribution in [0.3, 0.4) is 0 Å². The number of nitrogens with two attached hydrogens (primary N) is 1. The first-order valence-electron chi connectivity index (χ1n) is 11.2. The van der Waals surface area contributed by atoms with Gasteiger partial charge in [0.2, 0.25) is 11.8 Å². The third-order valence-electron chi connectivity index (χ3n) is 5.39. The lowest BCUT2D eigenvalue weighted by molar-refractivity contribution is -0.130. The third kappa shape index (κ3) is 6.35. The van der Waals surface area contributed by atoms with E-state index >= 15 is 0 Å². The van der Waals surface area contributed by atoms with Gasteiger partial charge in [-0.3, -0.25) is 9.59 Å². The number of nitrogens with one attached hydrogen (secondary N) is 2. The maximum atomic E-state index is 12.2. The number of aryl methyl sites for hydroxylation is 2. The van der Waals surface area contributed by atoms with Crippen LogP contribution in [-0.4, -0.2) is 39.4 Å². The summed E-state index contributed by atoms with van der Waals surface area (Å²) >= 11 is 0. The summed E-state index contributed by atoms with van der Waals surface area (Å²) in [6, 6.07) is 6.90. The largest absolute Gasteiger partial charge is 0.481 e. The number of ketones is 1. The highest BCUT2D eigenvalue weighted by molar-refractivity contribution is 5.92. The Balaban J connectivity index is 1.93. The molecule has 10 heteroatoms. The van der Waals surface area contributed by atoms with E-state index in [1.807, 2.05) is 13.8 Å². The number of hydrogen-bond acceptors (Lipinski definition) is 9. The van der Waals surface area contributed by atoms with Crippen LogP contribution >= 0.6 is 0 Å². The molecule has 0 aliphatic carbocycles. The molecule has 3 rings (SSSR count). The zero-order valence-corrected chi connectivity index (χ0v) is 21.0. The molecule has 10 nitrogen and oxygen atoms in total. The van der Waals surface area contributed by atoms with Crippen LogP contribution in [0.1, 0.15) is 30.5 Å². The molecule has 0 unspecified atom stereocenters. The van der Waals surface area contributed by atoms with Crippen LogP contribution in [0.4, 0.5) is 23.1 Å². The van der Waals surface area contributed by atoms with E-state index in [9.17, 15) is 9.59 Å². The Hall–Kier alpha value is -4.47. The van der Waals surface area contributed by atoms with Gasteiger partial charge < -0.3 is 25.8 Å². The first-order chi connectivity index (χ1) is 17.0. The summed E-state index contributed by atoms with van der Waals surface area (Å²) in [5.74, 6) is 1.00. The lowest BCUT2D eigenvalue weighted by atomic mass is 10.0. The number of carbonyl (C=O) groups excluding carboxylic acids is 2. The molecule has 3 aromatic rings. The maximum Gasteiger partial charge on any atom is 0.261 e. The first-order valence-corrected chi connectivity index (χ1v) is 11.2. The van der Waals surface area contributed by atoms with E-state index < -0.39 is 11.5 Å². The number of benzene rings is 1. The average Bonchev–Trinajstić information content (AvgIpc) is 2.83. The molecule has 0 aliphatic heterocycles. The minimum absolute atomic E-state index is 0.0747. The standard InChI is InChI=1S/C26H30N6O4/c1-7-18(33)10-17-11-19(36-26(4,5)24(27)34)8-9-20(17)30-23-16(3)14-29-25(32-23)31-21-12-22(35-6)28-13-15(21)2/h7-9,11-14H,1,10H2,2-6H3,(H2,27,34)(H2,28,29,30,31,32). The van der Waals surface area contributed by atoms with Crippen LogP contribution in [0.25, 0.3) is 0 Å². The van der Waals surface area contributed by atoms with Crippen molar-refractivity contribution in [3.63, 3.8) is 0 Å². The van der Waals surface area contributed by atoms with E-state index in [0.717, 1.165) is 16.8 Å². The molecular weight excluding hydrogens is 460 g/mol. The molecule has 0 spiro atoms. The van der Waals surface area contributed by atoms with Crippen LogP contribution in [0.5, 0.6) is 11.6 Å². The number of pyridine rings is 1. The highest BCUT2D eigenvalue weighted by atomic mass is 16.5. The Morgan fingerprint density at radius 1 is 1.08 bits per heavy atom. The molecule has 1 amide bonds. The molecule has 36 heavy (non-hydrogen) atoms. The summed E-state index contributed by atoms with van der Waals surface area (Å²) in [4.78, 5) is 37.0. The number of carbonyl (C=O) groups is 2. The molecule has 0 saturated carbocycles. The molecule has 4 N–H and O–H groups in total. The van der Waals surface area contributed by atoms with Crippen molar-refractivity contribution >= 4 is 34.8 Å². The number of hydrogen-bond donors (Lipinski definition) is 3. The van der Waals surface area contributed by atoms with Gasteiger partial charge >= 0.3 is 0 Å². The molecular formula is C26H30N6O4. The van der Waals surface area contributed by atoms with Crippen molar-refractivity contribution in [2.24, 2.45) is 5.73 Å². The van der Waals surface area contributed by atoms with Crippen LogP contribution in [0, 0.1) is 13.8 Å². The van der Waals surface area contributed by atoms with Gasteiger partial charge in [-0.15, -0.1) is 0 Å². The first kappa shape index (κ1) is 26.1. The molecule has 0 saturated heterocycles. The second-order valence-electron chi connectivity index (χ2n) is 8.66. The quantitative estimate of drug-likeness (QED) is 0.341. The minimum Gasteiger partial charge on any atom is -0.481 e. The minimum atomic E-state index is -1.22. The van der Waals surface area contributed by atoms with Gasteiger partial charge in [0.1, 0.15) is 11.6 Å². The molecule has 0 aliphatic rings. The molecule has 0 atom stereocenters. The van der Waals surface area contributed by atoms with Gasteiger partial charge in [-0.2, -0.15) is 4.98 Å². The summed E-state index contributed by atoms with van der Waals surface area (Å²) in [6.07, 6.45) is 4.71. The summed E-state index contributed by atoms with van der Waals surface area (Å²) in [7, 11) is 1.55. The highest BCUT2D eigenvalue weighted by Crippen LogP contribution is 2.30. The summed E-state index contributed by atoms with van der Waals surface area (Å²) in [5.41, 5.74) is 7.94. The summed E-state index contributed by atoms with van der Waals surface area (Å²) in [6.45, 7) is 10.5. The van der Waals surface area contributed by atoms with Gasteiger partial charge in [-0.05, 0) is 63.1 Å². The van der Waals surface area contributed by atoms with Gasteiger partial charge in [-0.1, -0.05) is 6.58 Å². The molecule has 2 heterocycles. The number of methoxy groups -OCH3 is 1. The van der Waals surface area contributed by atoms with Crippen molar-refractivity contribution in [3.8, 4) is 11.6 Å². The zero-order chi connectivity index (χ0) is 26.5. The molecule has 0 radical (unpaired) electrons. The molecule has 0 bridgehead atoms. The summed E-state index contributed by atoms with van der Waals surface area (Å²) in [5, 5.41) is 6.47. The Labute approximate surface area is 210 Å². The topological polar surface area (TPSA) is 141 Å². The second kappa shape index (κ2) is 10.9. The maximum absolute atomic E-state index is 12.2. The van der Waals surface area contributed by atoms with E-state index in [0.29, 0.717) is 34.6 Å². The average molecular weight is 491 g/mol. The van der Waals surface area contributed by atoms with E-state index in [1.165, 1.54) is 6.08 Å². The van der Waals surface area contributed by atoms with E-state index in [4.69, 9.17) is 15.2 Å². The summed E-state index contributed by atoms with van der Waals surface area (Å²) < 4.78 is 11.0. The van der Waals surface area contributed by atoms with Gasteiger partial charge in [-0.25, -0.2) is 9.97 Å². The van der Waals surface area contributed by atoms with Crippen molar-refractivity contribution < 1.29 is 19.1 Å². The van der Waals surface area contributed by atoms with Crippen LogP contribution in [0.15, 0.2) is 49.3 Å². The number of anilines is 4. The Bertz CT molecular complexity index is 1310. The number of primary amides is 1. The van der Waals surface area contributed by atoms with Gasteiger partial charge in [0.15, 0.2) is 11.4 Å². The molecule has 188 valence electrons. The predicted octanol–water partition coefficient (Wildman–Crippen LogP) is 3.92. The van der Waals surface area contributed by atoms with Crippen molar-refractivity contribution in [2.75, 3.05) is 17.7 Å². The predicted molar refractivity (Wildman–Crippen MR) is 138 cm³/mol. The van der Waals surface area contributed by atoms with Gasteiger partial charge in [0.05, 0.1) is 12.8 Å². The van der Waals surface area contributed by atoms with E-state index in [-0.39, 0.29) is 12.2 Å². The van der Waals surface area contributed by atoms with Gasteiger partial charge in [0, 0.05) is 36.1 Å². The second-order valence-corrected chi connectivity index (χ2v) is 8.66. The molecule has 2 aromatic heterocycles. The fraction of sp³-hybridized carbons (Fsp3) is 0.269. The third-order valence-corrected chi connectivity index (χ3v) is 5.39. The van der Waals surface area contributed by atoms with Crippen molar-refractivity contribution in [2.45, 2.75) is 39.7 Å². The number of amides is 1. The number of rotatable bonds is 11. The van der Waals surface area contributed by atoms with Crippen LogP contribution in [0.2, 0.25) is 0 Å². The normalized spacial score (nSPS) is 10.9. The van der Waals surface area contributed by atoms with E-state index in [1.54, 1.807) is 57.6 Å². The molecule has 1 aromatic carbocycles. The Morgan fingerprint density at radius 3 is 2.47 bits per heavy atom. The highest BCUT2D eigenvalue weighted by Gasteiger charge is 2.27. The molecule has 0 fully saturated rings. The van der Waals surface area contributed by atoms with Crippen molar-refractivity contribution in [1.29, 1.82) is 0 Å². The Kier molecular flexibility index (Phi) is 7.88. The van der Waals surface area contributed by atoms with E-state index in [2.05, 4.69) is 32.2 Å². The fourth-order valence-corrected chi connectivity index (χ4v) is 3.13. The van der Waals surface area contributed by atoms with Crippen LogP contribution in [-0.2, 0) is 16.0 Å². The lowest BCUT2D eigenvalue weighted by Gasteiger charge is -2.23. The number of nitrogens with zero attached hydrogens (tertiary/aromatic N) is 3. The van der Waals surface area contributed by atoms with Crippen LogP contribution < -0.4 is 25.8 Å². The smallest absolute Gasteiger partial charge is 0.261 e. The monoisotopic (exact) mass is 490 g/mol. The SMILES string of the molecule is C=CC(=O)Cc1cc(OC(C)(C)C(N)=O)ccc1Nc1nc(Nc2cc(OC)ncc2C)ncc1C. The number of ether oxygens (including phenoxy) is 2. The van der Waals surface area contributed by atoms with Crippen molar-refractivity contribution in [3.05, 3.63) is 66.0 Å². The zero-order valence-electron chi connectivity index (χ0n) is 21.0. The Morgan fingerprint density at radius 2 is 1.81 bits per heavy atom.